The van der Waals surface area contributed by atoms with Gasteiger partial charge in [-0.05, 0) is 36.2 Å². The minimum atomic E-state index is -0.390. The van der Waals surface area contributed by atoms with Gasteiger partial charge in [-0.1, -0.05) is 6.07 Å². The van der Waals surface area contributed by atoms with Crippen LogP contribution in [0, 0.1) is 6.92 Å². The van der Waals surface area contributed by atoms with Crippen LogP contribution in [0.4, 0.5) is 5.82 Å². The maximum absolute atomic E-state index is 12.5. The number of aromatic nitrogens is 3. The summed E-state index contributed by atoms with van der Waals surface area (Å²) in [6, 6.07) is 6.89. The van der Waals surface area contributed by atoms with Gasteiger partial charge in [0.15, 0.2) is 0 Å². The lowest BCUT2D eigenvalue weighted by molar-refractivity contribution is -0.115. The number of rotatable bonds is 4. The van der Waals surface area contributed by atoms with Crippen LogP contribution in [0.1, 0.15) is 31.8 Å². The smallest absolute Gasteiger partial charge is 0.261 e. The summed E-state index contributed by atoms with van der Waals surface area (Å²) in [7, 11) is 1.44. The van der Waals surface area contributed by atoms with E-state index in [-0.39, 0.29) is 24.1 Å². The summed E-state index contributed by atoms with van der Waals surface area (Å²) in [6.07, 6.45) is 6.37. The van der Waals surface area contributed by atoms with Crippen molar-refractivity contribution in [3.05, 3.63) is 71.3 Å². The summed E-state index contributed by atoms with van der Waals surface area (Å²) in [5.41, 5.74) is 3.43. The van der Waals surface area contributed by atoms with Crippen molar-refractivity contribution in [3.63, 3.8) is 0 Å². The van der Waals surface area contributed by atoms with Crippen molar-refractivity contribution in [3.8, 4) is 11.3 Å². The molecule has 0 saturated heterocycles. The zero-order valence-electron chi connectivity index (χ0n) is 15.8. The highest BCUT2D eigenvalue weighted by molar-refractivity contribution is 6.22. The third-order valence-corrected chi connectivity index (χ3v) is 4.66. The van der Waals surface area contributed by atoms with Crippen LogP contribution in [0.2, 0.25) is 0 Å². The van der Waals surface area contributed by atoms with Gasteiger partial charge >= 0.3 is 0 Å². The number of pyridine rings is 1. The Morgan fingerprint density at radius 3 is 2.59 bits per heavy atom. The van der Waals surface area contributed by atoms with Crippen molar-refractivity contribution in [2.45, 2.75) is 13.3 Å². The molecule has 144 valence electrons. The molecule has 3 amide bonds. The summed E-state index contributed by atoms with van der Waals surface area (Å²) >= 11 is 0. The molecule has 3 heterocycles. The lowest BCUT2D eigenvalue weighted by atomic mass is 9.97. The monoisotopic (exact) mass is 387 g/mol. The number of benzene rings is 1. The highest BCUT2D eigenvalue weighted by Gasteiger charge is 2.35. The number of carbonyl (C=O) groups is 3. The van der Waals surface area contributed by atoms with E-state index in [1.165, 1.54) is 7.05 Å². The van der Waals surface area contributed by atoms with Crippen LogP contribution < -0.4 is 5.32 Å². The van der Waals surface area contributed by atoms with E-state index >= 15 is 0 Å². The number of hydrogen-bond donors (Lipinski definition) is 1. The number of hydrogen-bond acceptors (Lipinski definition) is 6. The van der Waals surface area contributed by atoms with Crippen LogP contribution in [0.3, 0.4) is 0 Å². The molecule has 2 aromatic heterocycles. The summed E-state index contributed by atoms with van der Waals surface area (Å²) in [6.45, 7) is 1.82. The van der Waals surface area contributed by atoms with E-state index in [2.05, 4.69) is 20.3 Å². The number of nitrogens with zero attached hydrogens (tertiary/aromatic N) is 4. The average molecular weight is 387 g/mol. The fourth-order valence-corrected chi connectivity index (χ4v) is 3.29. The summed E-state index contributed by atoms with van der Waals surface area (Å²) in [5.74, 6) is -0.685. The number of aryl methyl sites for hydroxylation is 1. The van der Waals surface area contributed by atoms with Gasteiger partial charge in [0.2, 0.25) is 5.91 Å². The Bertz CT molecular complexity index is 1130. The largest absolute Gasteiger partial charge is 0.310 e. The zero-order valence-corrected chi connectivity index (χ0v) is 15.8. The van der Waals surface area contributed by atoms with Crippen LogP contribution in [-0.4, -0.2) is 44.6 Å². The molecular formula is C21H17N5O3. The van der Waals surface area contributed by atoms with Gasteiger partial charge in [0.1, 0.15) is 5.82 Å². The molecule has 1 aliphatic rings. The molecule has 4 rings (SSSR count). The van der Waals surface area contributed by atoms with Crippen LogP contribution >= 0.6 is 0 Å². The van der Waals surface area contributed by atoms with Crippen molar-refractivity contribution in [2.75, 3.05) is 12.4 Å². The summed E-state index contributed by atoms with van der Waals surface area (Å²) in [5, 5.41) is 2.72. The Morgan fingerprint density at radius 1 is 1.07 bits per heavy atom. The molecule has 0 spiro atoms. The summed E-state index contributed by atoms with van der Waals surface area (Å²) in [4.78, 5) is 50.7. The predicted octanol–water partition coefficient (Wildman–Crippen LogP) is 2.25. The van der Waals surface area contributed by atoms with Gasteiger partial charge in [0.05, 0.1) is 29.4 Å². The molecule has 0 aliphatic carbocycles. The number of fused-ring (bicyclic) bond motifs is 1. The highest BCUT2D eigenvalue weighted by Crippen LogP contribution is 2.27. The van der Waals surface area contributed by atoms with Crippen molar-refractivity contribution in [1.82, 2.24) is 19.9 Å². The Labute approximate surface area is 166 Å². The SMILES string of the molecule is Cc1cc(CC(=O)Nc2ccc(-c3cnccn3)cn2)c2c(c1)C(=O)N(C)C2=O. The summed E-state index contributed by atoms with van der Waals surface area (Å²) < 4.78 is 0. The Hall–Kier alpha value is -3.94. The molecule has 8 nitrogen and oxygen atoms in total. The van der Waals surface area contributed by atoms with E-state index in [4.69, 9.17) is 0 Å². The molecule has 0 unspecified atom stereocenters. The van der Waals surface area contributed by atoms with Crippen molar-refractivity contribution >= 4 is 23.5 Å². The Kier molecular flexibility index (Phi) is 4.59. The van der Waals surface area contributed by atoms with E-state index < -0.39 is 0 Å². The van der Waals surface area contributed by atoms with Gasteiger partial charge < -0.3 is 5.32 Å². The van der Waals surface area contributed by atoms with Gasteiger partial charge in [0.25, 0.3) is 11.8 Å². The third-order valence-electron chi connectivity index (χ3n) is 4.66. The highest BCUT2D eigenvalue weighted by atomic mass is 16.2. The predicted molar refractivity (Wildman–Crippen MR) is 105 cm³/mol. The van der Waals surface area contributed by atoms with Crippen molar-refractivity contribution < 1.29 is 14.4 Å². The molecule has 3 aromatic rings. The standard InChI is InChI=1S/C21H17N5O3/c1-12-7-14(19-15(8-12)20(28)26(2)21(19)29)9-18(27)25-17-4-3-13(10-24-17)16-11-22-5-6-23-16/h3-8,10-11H,9H2,1-2H3,(H,24,25,27). The van der Waals surface area contributed by atoms with E-state index in [1.54, 1.807) is 49.1 Å². The van der Waals surface area contributed by atoms with Gasteiger partial charge in [-0.25, -0.2) is 4.98 Å². The molecule has 0 bridgehead atoms. The third kappa shape index (κ3) is 3.47. The number of nitrogens with one attached hydrogen (secondary N) is 1. The minimum Gasteiger partial charge on any atom is -0.310 e. The van der Waals surface area contributed by atoms with E-state index in [9.17, 15) is 14.4 Å². The normalized spacial score (nSPS) is 12.8. The lowest BCUT2D eigenvalue weighted by Gasteiger charge is -2.09. The molecular weight excluding hydrogens is 370 g/mol. The molecule has 0 radical (unpaired) electrons. The molecule has 0 atom stereocenters. The minimum absolute atomic E-state index is 0.0372. The number of amides is 3. The quantitative estimate of drug-likeness (QED) is 0.689. The van der Waals surface area contributed by atoms with Gasteiger partial charge in [-0.2, -0.15) is 0 Å². The fraction of sp³-hybridized carbons (Fsp3) is 0.143. The zero-order chi connectivity index (χ0) is 20.5. The number of carbonyl (C=O) groups excluding carboxylic acids is 3. The molecule has 1 aromatic carbocycles. The first-order valence-corrected chi connectivity index (χ1v) is 8.92. The van der Waals surface area contributed by atoms with Crippen LogP contribution in [0.25, 0.3) is 11.3 Å². The number of imide groups is 1. The van der Waals surface area contributed by atoms with E-state index in [1.807, 2.05) is 6.92 Å². The first-order valence-electron chi connectivity index (χ1n) is 8.92. The second-order valence-corrected chi connectivity index (χ2v) is 6.76. The first-order chi connectivity index (χ1) is 13.9. The Morgan fingerprint density at radius 2 is 1.90 bits per heavy atom. The molecule has 0 saturated carbocycles. The maximum atomic E-state index is 12.5. The van der Waals surface area contributed by atoms with Crippen LogP contribution in [-0.2, 0) is 11.2 Å². The lowest BCUT2D eigenvalue weighted by Crippen LogP contribution is -2.24. The molecule has 29 heavy (non-hydrogen) atoms. The van der Waals surface area contributed by atoms with Crippen molar-refractivity contribution in [1.29, 1.82) is 0 Å². The maximum Gasteiger partial charge on any atom is 0.261 e. The van der Waals surface area contributed by atoms with Gasteiger partial charge in [0, 0.05) is 31.2 Å². The Balaban J connectivity index is 1.52. The fourth-order valence-electron chi connectivity index (χ4n) is 3.29. The first kappa shape index (κ1) is 18.4. The topological polar surface area (TPSA) is 105 Å². The average Bonchev–Trinajstić information content (AvgIpc) is 2.93. The van der Waals surface area contributed by atoms with Crippen LogP contribution in [0.15, 0.2) is 49.1 Å². The molecule has 0 fully saturated rings. The second-order valence-electron chi connectivity index (χ2n) is 6.76. The molecule has 8 heteroatoms. The second kappa shape index (κ2) is 7.23. The molecule has 1 aliphatic heterocycles. The van der Waals surface area contributed by atoms with Crippen LogP contribution in [0.5, 0.6) is 0 Å². The van der Waals surface area contributed by atoms with E-state index in [0.717, 1.165) is 16.0 Å². The molecule has 1 N–H and O–H groups in total. The van der Waals surface area contributed by atoms with Gasteiger partial charge in [-0.15, -0.1) is 0 Å². The van der Waals surface area contributed by atoms with Gasteiger partial charge in [-0.3, -0.25) is 29.3 Å². The number of anilines is 1. The van der Waals surface area contributed by atoms with E-state index in [0.29, 0.717) is 28.2 Å². The van der Waals surface area contributed by atoms with Crippen molar-refractivity contribution in [2.24, 2.45) is 0 Å².